The first-order valence-corrected chi connectivity index (χ1v) is 6.00. The Morgan fingerprint density at radius 1 is 1.32 bits per heavy atom. The first kappa shape index (κ1) is 13.1. The van der Waals surface area contributed by atoms with Crippen molar-refractivity contribution in [3.05, 3.63) is 42.1 Å². The number of hydrogen-bond acceptors (Lipinski definition) is 4. The molecule has 0 aliphatic carbocycles. The summed E-state index contributed by atoms with van der Waals surface area (Å²) in [6, 6.07) is 7.09. The lowest BCUT2D eigenvalue weighted by Crippen LogP contribution is -2.13. The molecule has 0 spiro atoms. The molecule has 0 saturated carbocycles. The number of hydrogen-bond donors (Lipinski definition) is 1. The van der Waals surface area contributed by atoms with E-state index in [2.05, 4.69) is 10.3 Å². The molecule has 0 aliphatic heterocycles. The van der Waals surface area contributed by atoms with Gasteiger partial charge in [-0.2, -0.15) is 0 Å². The molecule has 0 unspecified atom stereocenters. The van der Waals surface area contributed by atoms with Gasteiger partial charge in [-0.05, 0) is 30.2 Å². The molecule has 2 rings (SSSR count). The first-order chi connectivity index (χ1) is 9.11. The molecule has 5 heteroatoms. The molecule has 0 fully saturated rings. The molecule has 1 aromatic heterocycles. The van der Waals surface area contributed by atoms with E-state index in [4.69, 9.17) is 9.15 Å². The molecule has 1 amide bonds. The Morgan fingerprint density at radius 2 is 2.00 bits per heavy atom. The predicted octanol–water partition coefficient (Wildman–Crippen LogP) is 3.06. The van der Waals surface area contributed by atoms with Gasteiger partial charge in [-0.15, -0.1) is 0 Å². The minimum Gasteiger partial charge on any atom is -0.497 e. The fraction of sp³-hybridized carbons (Fsp3) is 0.286. The van der Waals surface area contributed by atoms with E-state index < -0.39 is 0 Å². The summed E-state index contributed by atoms with van der Waals surface area (Å²) in [5.41, 5.74) is 1.34. The van der Waals surface area contributed by atoms with E-state index >= 15 is 0 Å². The topological polar surface area (TPSA) is 64.4 Å². The lowest BCUT2D eigenvalue weighted by Gasteiger charge is -2.06. The summed E-state index contributed by atoms with van der Waals surface area (Å²) in [6.07, 6.45) is 1.29. The third kappa shape index (κ3) is 2.93. The van der Waals surface area contributed by atoms with Gasteiger partial charge in [0.25, 0.3) is 5.91 Å². The van der Waals surface area contributed by atoms with Gasteiger partial charge in [0.15, 0.2) is 6.39 Å². The van der Waals surface area contributed by atoms with Crippen molar-refractivity contribution in [2.24, 2.45) is 0 Å². The van der Waals surface area contributed by atoms with Gasteiger partial charge in [0.05, 0.1) is 12.8 Å². The molecular formula is C14H16N2O3. The highest BCUT2D eigenvalue weighted by molar-refractivity contribution is 6.03. The highest BCUT2D eigenvalue weighted by atomic mass is 16.5. The Hall–Kier alpha value is -2.30. The second-order valence-electron chi connectivity index (χ2n) is 4.40. The van der Waals surface area contributed by atoms with Crippen LogP contribution in [0, 0.1) is 0 Å². The fourth-order valence-electron chi connectivity index (χ4n) is 1.70. The molecule has 0 aliphatic rings. The number of nitrogens with zero attached hydrogens (tertiary/aromatic N) is 1. The van der Waals surface area contributed by atoms with Gasteiger partial charge in [0.2, 0.25) is 5.76 Å². The first-order valence-electron chi connectivity index (χ1n) is 6.00. The van der Waals surface area contributed by atoms with E-state index in [0.29, 0.717) is 11.4 Å². The van der Waals surface area contributed by atoms with Crippen LogP contribution in [0.15, 0.2) is 35.1 Å². The van der Waals surface area contributed by atoms with Crippen LogP contribution in [-0.2, 0) is 0 Å². The number of nitrogens with one attached hydrogen (secondary N) is 1. The number of carbonyl (C=O) groups is 1. The molecule has 1 heterocycles. The van der Waals surface area contributed by atoms with Gasteiger partial charge >= 0.3 is 0 Å². The highest BCUT2D eigenvalue weighted by Crippen LogP contribution is 2.20. The van der Waals surface area contributed by atoms with Crippen LogP contribution >= 0.6 is 0 Å². The van der Waals surface area contributed by atoms with Gasteiger partial charge in [-0.1, -0.05) is 13.8 Å². The number of benzene rings is 1. The molecule has 0 atom stereocenters. The lowest BCUT2D eigenvalue weighted by atomic mass is 10.1. The SMILES string of the molecule is COc1ccc(NC(=O)c2ocnc2C(C)C)cc1. The number of oxazole rings is 1. The van der Waals surface area contributed by atoms with Gasteiger partial charge in [-0.3, -0.25) is 4.79 Å². The molecule has 19 heavy (non-hydrogen) atoms. The number of rotatable bonds is 4. The summed E-state index contributed by atoms with van der Waals surface area (Å²) in [7, 11) is 1.59. The lowest BCUT2D eigenvalue weighted by molar-refractivity contribution is 0.0995. The van der Waals surface area contributed by atoms with Crippen LogP contribution < -0.4 is 10.1 Å². The van der Waals surface area contributed by atoms with Crippen molar-refractivity contribution in [1.29, 1.82) is 0 Å². The van der Waals surface area contributed by atoms with Crippen molar-refractivity contribution in [1.82, 2.24) is 4.98 Å². The molecule has 0 saturated heterocycles. The van der Waals surface area contributed by atoms with Crippen molar-refractivity contribution in [2.45, 2.75) is 19.8 Å². The predicted molar refractivity (Wildman–Crippen MR) is 71.5 cm³/mol. The van der Waals surface area contributed by atoms with Crippen molar-refractivity contribution in [3.8, 4) is 5.75 Å². The normalized spacial score (nSPS) is 10.5. The summed E-state index contributed by atoms with van der Waals surface area (Å²) in [5, 5.41) is 2.76. The monoisotopic (exact) mass is 260 g/mol. The Labute approximate surface area is 111 Å². The zero-order valence-corrected chi connectivity index (χ0v) is 11.1. The molecule has 1 N–H and O–H groups in total. The van der Waals surface area contributed by atoms with E-state index in [1.54, 1.807) is 31.4 Å². The van der Waals surface area contributed by atoms with E-state index in [1.807, 2.05) is 13.8 Å². The summed E-state index contributed by atoms with van der Waals surface area (Å²) in [6.45, 7) is 3.92. The maximum absolute atomic E-state index is 12.1. The van der Waals surface area contributed by atoms with E-state index in [0.717, 1.165) is 5.75 Å². The molecule has 0 bridgehead atoms. The average Bonchev–Trinajstić information content (AvgIpc) is 2.89. The second-order valence-corrected chi connectivity index (χ2v) is 4.40. The summed E-state index contributed by atoms with van der Waals surface area (Å²) in [4.78, 5) is 16.1. The minimum atomic E-state index is -0.300. The molecule has 5 nitrogen and oxygen atoms in total. The molecule has 0 radical (unpaired) electrons. The number of amides is 1. The molecule has 2 aromatic rings. The largest absolute Gasteiger partial charge is 0.497 e. The maximum Gasteiger partial charge on any atom is 0.293 e. The quantitative estimate of drug-likeness (QED) is 0.917. The van der Waals surface area contributed by atoms with Crippen LogP contribution in [0.3, 0.4) is 0 Å². The van der Waals surface area contributed by atoms with Crippen LogP contribution in [0.4, 0.5) is 5.69 Å². The number of carbonyl (C=O) groups excluding carboxylic acids is 1. The van der Waals surface area contributed by atoms with Crippen molar-refractivity contribution < 1.29 is 13.9 Å². The van der Waals surface area contributed by atoms with Gasteiger partial charge in [0, 0.05) is 5.69 Å². The van der Waals surface area contributed by atoms with Gasteiger partial charge < -0.3 is 14.5 Å². The Kier molecular flexibility index (Phi) is 3.85. The summed E-state index contributed by atoms with van der Waals surface area (Å²) < 4.78 is 10.2. The number of methoxy groups -OCH3 is 1. The Balaban J connectivity index is 2.13. The third-order valence-corrected chi connectivity index (χ3v) is 2.70. The Morgan fingerprint density at radius 3 is 2.58 bits per heavy atom. The Bertz CT molecular complexity index is 558. The second kappa shape index (κ2) is 5.56. The molecule has 1 aromatic carbocycles. The minimum absolute atomic E-state index is 0.135. The van der Waals surface area contributed by atoms with Crippen molar-refractivity contribution >= 4 is 11.6 Å². The standard InChI is InChI=1S/C14H16N2O3/c1-9(2)12-13(19-8-15-12)14(17)16-10-4-6-11(18-3)7-5-10/h4-9H,1-3H3,(H,16,17). The maximum atomic E-state index is 12.1. The van der Waals surface area contributed by atoms with E-state index in [1.165, 1.54) is 6.39 Å². The smallest absolute Gasteiger partial charge is 0.293 e. The third-order valence-electron chi connectivity index (χ3n) is 2.70. The van der Waals surface area contributed by atoms with Gasteiger partial charge in [-0.25, -0.2) is 4.98 Å². The zero-order chi connectivity index (χ0) is 13.8. The summed E-state index contributed by atoms with van der Waals surface area (Å²) >= 11 is 0. The van der Waals surface area contributed by atoms with Gasteiger partial charge in [0.1, 0.15) is 5.75 Å². The van der Waals surface area contributed by atoms with Crippen LogP contribution in [0.25, 0.3) is 0 Å². The van der Waals surface area contributed by atoms with Crippen molar-refractivity contribution in [2.75, 3.05) is 12.4 Å². The van der Waals surface area contributed by atoms with Crippen LogP contribution in [0.2, 0.25) is 0 Å². The van der Waals surface area contributed by atoms with Crippen molar-refractivity contribution in [3.63, 3.8) is 0 Å². The van der Waals surface area contributed by atoms with Crippen LogP contribution in [-0.4, -0.2) is 18.0 Å². The average molecular weight is 260 g/mol. The number of ether oxygens (including phenoxy) is 1. The molecular weight excluding hydrogens is 244 g/mol. The van der Waals surface area contributed by atoms with Crippen LogP contribution in [0.5, 0.6) is 5.75 Å². The molecule has 100 valence electrons. The summed E-state index contributed by atoms with van der Waals surface area (Å²) in [5.74, 6) is 0.827. The number of anilines is 1. The number of aromatic nitrogens is 1. The fourth-order valence-corrected chi connectivity index (χ4v) is 1.70. The van der Waals surface area contributed by atoms with E-state index in [9.17, 15) is 4.79 Å². The van der Waals surface area contributed by atoms with E-state index in [-0.39, 0.29) is 17.6 Å². The zero-order valence-electron chi connectivity index (χ0n) is 11.1. The highest BCUT2D eigenvalue weighted by Gasteiger charge is 2.19. The van der Waals surface area contributed by atoms with Crippen LogP contribution in [0.1, 0.15) is 36.0 Å².